The van der Waals surface area contributed by atoms with E-state index in [0.717, 1.165) is 0 Å². The fraction of sp³-hybridized carbons (Fsp3) is 0.438. The molecule has 1 saturated heterocycles. The van der Waals surface area contributed by atoms with Gasteiger partial charge in [0.1, 0.15) is 5.69 Å². The van der Waals surface area contributed by atoms with Crippen LogP contribution in [-0.4, -0.2) is 56.8 Å². The Labute approximate surface area is 148 Å². The van der Waals surface area contributed by atoms with Crippen LogP contribution in [0.3, 0.4) is 0 Å². The maximum atomic E-state index is 13.8. The number of nitrogens with one attached hydrogen (secondary N) is 1. The van der Waals surface area contributed by atoms with Gasteiger partial charge in [-0.15, -0.1) is 0 Å². The quantitative estimate of drug-likeness (QED) is 0.742. The number of carbonyl (C=O) groups is 2. The average molecular weight is 363 g/mol. The highest BCUT2D eigenvalue weighted by Crippen LogP contribution is 2.33. The van der Waals surface area contributed by atoms with Gasteiger partial charge in [-0.25, -0.2) is 9.61 Å². The number of aryl methyl sites for hydroxylation is 1. The van der Waals surface area contributed by atoms with Gasteiger partial charge in [0.05, 0.1) is 12.1 Å². The molecule has 1 fully saturated rings. The van der Waals surface area contributed by atoms with Crippen molar-refractivity contribution in [2.45, 2.75) is 25.4 Å². The molecule has 3 heterocycles. The van der Waals surface area contributed by atoms with Gasteiger partial charge in [0.2, 0.25) is 11.9 Å². The molecule has 26 heavy (non-hydrogen) atoms. The van der Waals surface area contributed by atoms with Crippen LogP contribution >= 0.6 is 0 Å². The first-order valence-corrected chi connectivity index (χ1v) is 8.09. The summed E-state index contributed by atoms with van der Waals surface area (Å²) < 4.78 is 18.3. The lowest BCUT2D eigenvalue weighted by molar-refractivity contribution is -0.134. The van der Waals surface area contributed by atoms with E-state index < -0.39 is 17.5 Å². The lowest BCUT2D eigenvalue weighted by Gasteiger charge is -2.38. The van der Waals surface area contributed by atoms with Gasteiger partial charge in [-0.1, -0.05) is 11.2 Å². The highest BCUT2D eigenvalue weighted by molar-refractivity contribution is 5.95. The van der Waals surface area contributed by atoms with Gasteiger partial charge in [0, 0.05) is 24.8 Å². The number of aromatic nitrogens is 3. The van der Waals surface area contributed by atoms with Crippen molar-refractivity contribution in [1.29, 1.82) is 0 Å². The minimum Gasteiger partial charge on any atom is -0.385 e. The molecule has 0 atom stereocenters. The van der Waals surface area contributed by atoms with Gasteiger partial charge < -0.3 is 15.3 Å². The molecule has 2 amide bonds. The molecule has 1 aliphatic heterocycles. The molecule has 0 radical (unpaired) electrons. The van der Waals surface area contributed by atoms with Gasteiger partial charge in [-0.2, -0.15) is 4.39 Å². The Morgan fingerprint density at radius 3 is 2.73 bits per heavy atom. The molecule has 9 nitrogen and oxygen atoms in total. The van der Waals surface area contributed by atoms with Crippen molar-refractivity contribution < 1.29 is 23.7 Å². The number of nitrogens with zero attached hydrogens (tertiary/aromatic N) is 4. The van der Waals surface area contributed by atoms with Gasteiger partial charge in [0.15, 0.2) is 5.69 Å². The molecule has 10 heteroatoms. The lowest BCUT2D eigenvalue weighted by atomic mass is 9.85. The molecule has 0 saturated carbocycles. The number of halogens is 1. The summed E-state index contributed by atoms with van der Waals surface area (Å²) in [5.41, 5.74) is -0.870. The van der Waals surface area contributed by atoms with Gasteiger partial charge in [-0.3, -0.25) is 9.59 Å². The summed E-state index contributed by atoms with van der Waals surface area (Å²) in [6, 6.07) is 3.05. The number of hydrogen-bond acceptors (Lipinski definition) is 7. The number of pyridine rings is 1. The second-order valence-electron chi connectivity index (χ2n) is 6.14. The number of piperidine rings is 1. The molecule has 0 spiro atoms. The van der Waals surface area contributed by atoms with Crippen LogP contribution in [0, 0.1) is 12.9 Å². The molecule has 2 N–H and O–H groups in total. The SMILES string of the molecule is Cc1nonc1C(=O)NCC(=O)N1CCC(O)(c2cccnc2F)CC1. The van der Waals surface area contributed by atoms with Crippen molar-refractivity contribution in [3.05, 3.63) is 41.2 Å². The van der Waals surface area contributed by atoms with E-state index in [0.29, 0.717) is 5.69 Å². The van der Waals surface area contributed by atoms with E-state index in [9.17, 15) is 19.1 Å². The number of hydrogen-bond donors (Lipinski definition) is 2. The molecular formula is C16H18FN5O4. The first-order chi connectivity index (χ1) is 12.4. The van der Waals surface area contributed by atoms with E-state index in [4.69, 9.17) is 0 Å². The summed E-state index contributed by atoms with van der Waals surface area (Å²) in [6.07, 6.45) is 1.68. The zero-order valence-corrected chi connectivity index (χ0v) is 14.1. The first kappa shape index (κ1) is 17.9. The highest BCUT2D eigenvalue weighted by Gasteiger charge is 2.37. The van der Waals surface area contributed by atoms with Crippen LogP contribution in [0.25, 0.3) is 0 Å². The molecule has 1 aliphatic rings. The smallest absolute Gasteiger partial charge is 0.275 e. The van der Waals surface area contributed by atoms with Crippen molar-refractivity contribution in [3.63, 3.8) is 0 Å². The topological polar surface area (TPSA) is 121 Å². The predicted octanol–water partition coefficient (Wildman–Crippen LogP) is 0.152. The maximum Gasteiger partial charge on any atom is 0.275 e. The fourth-order valence-electron chi connectivity index (χ4n) is 2.92. The summed E-state index contributed by atoms with van der Waals surface area (Å²) in [4.78, 5) is 29.2. The zero-order valence-electron chi connectivity index (χ0n) is 14.1. The molecule has 0 unspecified atom stereocenters. The number of amides is 2. The average Bonchev–Trinajstić information content (AvgIpc) is 3.06. The predicted molar refractivity (Wildman–Crippen MR) is 85.3 cm³/mol. The van der Waals surface area contributed by atoms with Crippen molar-refractivity contribution in [2.24, 2.45) is 0 Å². The maximum absolute atomic E-state index is 13.8. The van der Waals surface area contributed by atoms with E-state index >= 15 is 0 Å². The summed E-state index contributed by atoms with van der Waals surface area (Å²) in [7, 11) is 0. The van der Waals surface area contributed by atoms with E-state index in [-0.39, 0.29) is 49.6 Å². The van der Waals surface area contributed by atoms with E-state index in [1.54, 1.807) is 13.0 Å². The Morgan fingerprint density at radius 1 is 1.38 bits per heavy atom. The molecule has 0 bridgehead atoms. The molecule has 3 rings (SSSR count). The Morgan fingerprint density at radius 2 is 2.12 bits per heavy atom. The number of likely N-dealkylation sites (tertiary alicyclic amines) is 1. The third-order valence-electron chi connectivity index (χ3n) is 4.47. The molecule has 0 aliphatic carbocycles. The molecule has 0 aromatic carbocycles. The third-order valence-corrected chi connectivity index (χ3v) is 4.47. The van der Waals surface area contributed by atoms with Crippen molar-refractivity contribution >= 4 is 11.8 Å². The van der Waals surface area contributed by atoms with Crippen LogP contribution in [0.5, 0.6) is 0 Å². The standard InChI is InChI=1S/C16H18FN5O4/c1-10-13(21-26-20-10)15(24)19-9-12(23)22-7-4-16(25,5-8-22)11-3-2-6-18-14(11)17/h2-3,6,25H,4-5,7-9H2,1H3,(H,19,24). The summed E-state index contributed by atoms with van der Waals surface area (Å²) in [5.74, 6) is -1.57. The van der Waals surface area contributed by atoms with E-state index in [2.05, 4.69) is 25.2 Å². The molecule has 2 aromatic rings. The molecular weight excluding hydrogens is 345 g/mol. The Bertz CT molecular complexity index is 816. The monoisotopic (exact) mass is 363 g/mol. The van der Waals surface area contributed by atoms with E-state index in [1.807, 2.05) is 0 Å². The number of carbonyl (C=O) groups excluding carboxylic acids is 2. The third kappa shape index (κ3) is 3.54. The van der Waals surface area contributed by atoms with Crippen molar-refractivity contribution in [3.8, 4) is 0 Å². The molecule has 138 valence electrons. The van der Waals surface area contributed by atoms with Gasteiger partial charge in [-0.05, 0) is 31.0 Å². The lowest BCUT2D eigenvalue weighted by Crippen LogP contribution is -2.48. The highest BCUT2D eigenvalue weighted by atomic mass is 19.1. The van der Waals surface area contributed by atoms with Crippen LogP contribution < -0.4 is 5.32 Å². The normalized spacial score (nSPS) is 16.3. The fourth-order valence-corrected chi connectivity index (χ4v) is 2.92. The van der Waals surface area contributed by atoms with Crippen molar-refractivity contribution in [1.82, 2.24) is 25.5 Å². The Balaban J connectivity index is 1.55. The Hall–Kier alpha value is -2.88. The minimum atomic E-state index is -1.36. The van der Waals surface area contributed by atoms with Crippen LogP contribution in [0.15, 0.2) is 23.0 Å². The molecule has 2 aromatic heterocycles. The van der Waals surface area contributed by atoms with Gasteiger partial charge >= 0.3 is 0 Å². The second kappa shape index (κ2) is 7.16. The van der Waals surface area contributed by atoms with Crippen LogP contribution in [0.2, 0.25) is 0 Å². The Kier molecular flexibility index (Phi) is 4.94. The van der Waals surface area contributed by atoms with Crippen molar-refractivity contribution in [2.75, 3.05) is 19.6 Å². The summed E-state index contributed by atoms with van der Waals surface area (Å²) >= 11 is 0. The number of aliphatic hydroxyl groups is 1. The van der Waals surface area contributed by atoms with Crippen LogP contribution in [0.1, 0.15) is 34.6 Å². The number of rotatable bonds is 4. The summed E-state index contributed by atoms with van der Waals surface area (Å²) in [5, 5.41) is 20.1. The first-order valence-electron chi connectivity index (χ1n) is 8.09. The second-order valence-corrected chi connectivity index (χ2v) is 6.14. The van der Waals surface area contributed by atoms with Crippen LogP contribution in [-0.2, 0) is 10.4 Å². The largest absolute Gasteiger partial charge is 0.385 e. The van der Waals surface area contributed by atoms with E-state index in [1.165, 1.54) is 17.2 Å². The zero-order chi connectivity index (χ0) is 18.7. The van der Waals surface area contributed by atoms with Gasteiger partial charge in [0.25, 0.3) is 5.91 Å². The van der Waals surface area contributed by atoms with Crippen LogP contribution in [0.4, 0.5) is 4.39 Å². The summed E-state index contributed by atoms with van der Waals surface area (Å²) in [6.45, 7) is 1.83. The minimum absolute atomic E-state index is 0.0258.